The van der Waals surface area contributed by atoms with Crippen molar-refractivity contribution < 1.29 is 19.1 Å². The average molecular weight is 819 g/mol. The molecule has 5 nitrogen and oxygen atoms in total. The zero-order valence-corrected chi connectivity index (χ0v) is 39.2. The van der Waals surface area contributed by atoms with Crippen molar-refractivity contribution in [2.75, 3.05) is 25.4 Å². The molecule has 0 aliphatic heterocycles. The van der Waals surface area contributed by atoms with Gasteiger partial charge in [0.2, 0.25) is 0 Å². The van der Waals surface area contributed by atoms with Gasteiger partial charge in [-0.15, -0.1) is 0 Å². The van der Waals surface area contributed by atoms with Crippen molar-refractivity contribution in [1.29, 1.82) is 0 Å². The first kappa shape index (κ1) is 56.6. The zero-order valence-electron chi connectivity index (χ0n) is 37.7. The lowest BCUT2D eigenvalue weighted by molar-refractivity contribution is -0.150. The lowest BCUT2D eigenvalue weighted by Crippen LogP contribution is -2.27. The van der Waals surface area contributed by atoms with Crippen LogP contribution in [0.4, 0.5) is 0 Å². The SMILES string of the molecule is CCCCCCCCC(CC)OC=O.CCCCCCCCC(CCCCCCCC)OC(=O)CCCCCCCN(CCCCCCCC)CCCSCl. The van der Waals surface area contributed by atoms with Crippen LogP contribution in [0.1, 0.15) is 259 Å². The highest BCUT2D eigenvalue weighted by Gasteiger charge is 2.14. The lowest BCUT2D eigenvalue weighted by atomic mass is 10.0. The van der Waals surface area contributed by atoms with E-state index >= 15 is 0 Å². The van der Waals surface area contributed by atoms with Gasteiger partial charge in [-0.25, -0.2) is 0 Å². The Kier molecular flexibility index (Phi) is 51.2. The van der Waals surface area contributed by atoms with E-state index < -0.39 is 0 Å². The Hall–Kier alpha value is -0.460. The van der Waals surface area contributed by atoms with E-state index in [1.165, 1.54) is 210 Å². The van der Waals surface area contributed by atoms with Crippen LogP contribution in [0.25, 0.3) is 0 Å². The minimum atomic E-state index is 0.0502. The van der Waals surface area contributed by atoms with Crippen molar-refractivity contribution in [3.8, 4) is 0 Å². The Balaban J connectivity index is 0. The summed E-state index contributed by atoms with van der Waals surface area (Å²) in [5, 5.41) is 0. The van der Waals surface area contributed by atoms with E-state index in [1.807, 2.05) is 0 Å². The van der Waals surface area contributed by atoms with Crippen molar-refractivity contribution in [3.05, 3.63) is 0 Å². The number of nitrogens with zero attached hydrogens (tertiary/aromatic N) is 1. The minimum absolute atomic E-state index is 0.0502. The molecule has 55 heavy (non-hydrogen) atoms. The van der Waals surface area contributed by atoms with Crippen LogP contribution in [-0.2, 0) is 19.1 Å². The summed E-state index contributed by atoms with van der Waals surface area (Å²) < 4.78 is 11.0. The molecule has 330 valence electrons. The van der Waals surface area contributed by atoms with Gasteiger partial charge in [0.25, 0.3) is 6.47 Å². The maximum atomic E-state index is 12.6. The number of esters is 1. The maximum absolute atomic E-state index is 12.6. The predicted octanol–water partition coefficient (Wildman–Crippen LogP) is 16.4. The van der Waals surface area contributed by atoms with Gasteiger partial charge in [-0.1, -0.05) is 193 Å². The van der Waals surface area contributed by atoms with Crippen LogP contribution in [0, 0.1) is 0 Å². The molecule has 0 fully saturated rings. The zero-order chi connectivity index (χ0) is 40.7. The summed E-state index contributed by atoms with van der Waals surface area (Å²) in [6.45, 7) is 15.3. The van der Waals surface area contributed by atoms with Gasteiger partial charge in [-0.2, -0.15) is 0 Å². The molecule has 0 saturated heterocycles. The molecule has 0 spiro atoms. The van der Waals surface area contributed by atoms with E-state index in [0.717, 1.165) is 44.3 Å². The molecule has 0 amide bonds. The number of unbranched alkanes of at least 4 members (excludes halogenated alkanes) is 24. The summed E-state index contributed by atoms with van der Waals surface area (Å²) in [7, 11) is 7.28. The first-order valence-electron chi connectivity index (χ1n) is 24.3. The predicted molar refractivity (Wildman–Crippen MR) is 246 cm³/mol. The highest BCUT2D eigenvalue weighted by atomic mass is 35.7. The van der Waals surface area contributed by atoms with Crippen LogP contribution >= 0.6 is 21.7 Å². The van der Waals surface area contributed by atoms with Crippen LogP contribution in [0.2, 0.25) is 0 Å². The number of ether oxygens (including phenoxy) is 2. The van der Waals surface area contributed by atoms with E-state index in [-0.39, 0.29) is 18.2 Å². The molecule has 0 saturated carbocycles. The fourth-order valence-electron chi connectivity index (χ4n) is 7.34. The fourth-order valence-corrected chi connectivity index (χ4v) is 7.91. The third-order valence-electron chi connectivity index (χ3n) is 11.0. The lowest BCUT2D eigenvalue weighted by Gasteiger charge is -2.22. The van der Waals surface area contributed by atoms with Crippen LogP contribution in [0.3, 0.4) is 0 Å². The van der Waals surface area contributed by atoms with Crippen molar-refractivity contribution in [2.24, 2.45) is 0 Å². The highest BCUT2D eigenvalue weighted by Crippen LogP contribution is 2.19. The van der Waals surface area contributed by atoms with E-state index in [1.54, 1.807) is 0 Å². The molecule has 1 unspecified atom stereocenters. The second kappa shape index (κ2) is 49.7. The molecule has 0 rings (SSSR count). The number of carbonyl (C=O) groups is 2. The molecule has 0 N–H and O–H groups in total. The quantitative estimate of drug-likeness (QED) is 0.0347. The molecule has 0 aromatic heterocycles. The molecule has 1 atom stereocenters. The number of carbonyl (C=O) groups excluding carboxylic acids is 2. The first-order valence-corrected chi connectivity index (χ1v) is 26.1. The first-order chi connectivity index (χ1) is 27.0. The molecule has 0 aromatic carbocycles. The van der Waals surface area contributed by atoms with Gasteiger partial charge < -0.3 is 14.4 Å². The molecule has 0 radical (unpaired) electrons. The van der Waals surface area contributed by atoms with Crippen molar-refractivity contribution in [3.63, 3.8) is 0 Å². The Labute approximate surface area is 353 Å². The summed E-state index contributed by atoms with van der Waals surface area (Å²) in [6.07, 6.45) is 43.7. The minimum Gasteiger partial charge on any atom is -0.465 e. The molecule has 0 bridgehead atoms. The highest BCUT2D eigenvalue weighted by molar-refractivity contribution is 8.21. The average Bonchev–Trinajstić information content (AvgIpc) is 3.19. The van der Waals surface area contributed by atoms with Crippen LogP contribution in [0.5, 0.6) is 0 Å². The van der Waals surface area contributed by atoms with Crippen LogP contribution in [-0.4, -0.2) is 54.9 Å². The molecule has 7 heteroatoms. The summed E-state index contributed by atoms with van der Waals surface area (Å²) in [4.78, 5) is 25.4. The number of hydrogen-bond donors (Lipinski definition) is 0. The van der Waals surface area contributed by atoms with Crippen LogP contribution in [0.15, 0.2) is 0 Å². The number of halogens is 1. The van der Waals surface area contributed by atoms with Gasteiger partial charge in [-0.3, -0.25) is 9.59 Å². The topological polar surface area (TPSA) is 55.8 Å². The van der Waals surface area contributed by atoms with Crippen molar-refractivity contribution in [1.82, 2.24) is 4.90 Å². The molecule has 0 heterocycles. The van der Waals surface area contributed by atoms with Crippen LogP contribution < -0.4 is 0 Å². The summed E-state index contributed by atoms with van der Waals surface area (Å²) >= 11 is 0. The van der Waals surface area contributed by atoms with Gasteiger partial charge in [0.1, 0.15) is 12.2 Å². The molecular weight excluding hydrogens is 722 g/mol. The van der Waals surface area contributed by atoms with E-state index in [0.29, 0.717) is 12.9 Å². The molecule has 0 aliphatic rings. The van der Waals surface area contributed by atoms with Gasteiger partial charge in [0.15, 0.2) is 0 Å². The Morgan fingerprint density at radius 3 is 1.27 bits per heavy atom. The van der Waals surface area contributed by atoms with Crippen molar-refractivity contribution >= 4 is 34.1 Å². The fraction of sp³-hybridized carbons (Fsp3) is 0.958. The van der Waals surface area contributed by atoms with E-state index in [4.69, 9.17) is 20.2 Å². The molecule has 0 aromatic rings. The second-order valence-electron chi connectivity index (χ2n) is 16.3. The number of rotatable bonds is 44. The summed E-state index contributed by atoms with van der Waals surface area (Å²) in [6, 6.07) is 0. The molecular formula is C48H96ClNO4S. The Morgan fingerprint density at radius 2 is 0.873 bits per heavy atom. The van der Waals surface area contributed by atoms with Gasteiger partial charge in [0, 0.05) is 12.2 Å². The van der Waals surface area contributed by atoms with E-state index in [2.05, 4.69) is 39.5 Å². The van der Waals surface area contributed by atoms with Gasteiger partial charge in [-0.05, 0) is 101 Å². The Bertz CT molecular complexity index is 729. The monoisotopic (exact) mass is 818 g/mol. The normalized spacial score (nSPS) is 11.9. The standard InChI is InChI=1S/C36H72ClNO2S.C12H24O2/c1-4-7-10-13-17-22-28-35(29-23-18-14-11-8-5-2)40-36(39)30-24-19-16-21-26-32-38(33-27-34-41-37)31-25-20-15-12-9-6-3;1-3-5-6-7-8-9-10-12(4-2)14-11-13/h35H,4-34H2,1-3H3;11-12H,3-10H2,1-2H3. The number of hydrogen-bond acceptors (Lipinski definition) is 6. The van der Waals surface area contributed by atoms with Crippen molar-refractivity contribution in [2.45, 2.75) is 272 Å². The smallest absolute Gasteiger partial charge is 0.306 e. The summed E-state index contributed by atoms with van der Waals surface area (Å²) in [5.74, 6) is 1.10. The largest absolute Gasteiger partial charge is 0.465 e. The van der Waals surface area contributed by atoms with E-state index in [9.17, 15) is 9.59 Å². The molecule has 0 aliphatic carbocycles. The summed E-state index contributed by atoms with van der Waals surface area (Å²) in [5.41, 5.74) is 0. The third-order valence-corrected chi connectivity index (χ3v) is 11.9. The van der Waals surface area contributed by atoms with Gasteiger partial charge >= 0.3 is 5.97 Å². The second-order valence-corrected chi connectivity index (χ2v) is 17.6. The van der Waals surface area contributed by atoms with Gasteiger partial charge in [0.05, 0.1) is 0 Å². The third kappa shape index (κ3) is 46.1. The Morgan fingerprint density at radius 1 is 0.509 bits per heavy atom. The maximum Gasteiger partial charge on any atom is 0.306 e.